The van der Waals surface area contributed by atoms with Crippen LogP contribution < -0.4 is 4.74 Å². The lowest BCUT2D eigenvalue weighted by Crippen LogP contribution is -2.28. The van der Waals surface area contributed by atoms with Gasteiger partial charge in [-0.05, 0) is 24.1 Å². The average Bonchev–Trinajstić information content (AvgIpc) is 2.39. The molecule has 0 saturated heterocycles. The fourth-order valence-corrected chi connectivity index (χ4v) is 2.26. The molecule has 4 nitrogen and oxygen atoms in total. The molecule has 1 aromatic rings. The highest BCUT2D eigenvalue weighted by atomic mass is 16.6. The normalized spacial score (nSPS) is 23.4. The van der Waals surface area contributed by atoms with E-state index in [1.165, 1.54) is 0 Å². The average molecular weight is 233 g/mol. The van der Waals surface area contributed by atoms with Gasteiger partial charge in [-0.25, -0.2) is 0 Å². The zero-order valence-electron chi connectivity index (χ0n) is 9.70. The number of rotatable bonds is 3. The highest BCUT2D eigenvalue weighted by molar-refractivity contribution is 5.32. The Morgan fingerprint density at radius 3 is 2.82 bits per heavy atom. The first kappa shape index (κ1) is 11.6. The van der Waals surface area contributed by atoms with Gasteiger partial charge in [0.25, 0.3) is 0 Å². The SMILES string of the molecule is COc1cccc([C@@H]2CC=CC[C@H]2[N+](=O)[O-])c1. The Kier molecular flexibility index (Phi) is 3.42. The summed E-state index contributed by atoms with van der Waals surface area (Å²) in [7, 11) is 1.60. The van der Waals surface area contributed by atoms with Crippen molar-refractivity contribution in [2.24, 2.45) is 0 Å². The Bertz CT molecular complexity index is 442. The minimum atomic E-state index is -0.521. The molecule has 0 unspecified atom stereocenters. The Morgan fingerprint density at radius 1 is 1.35 bits per heavy atom. The maximum absolute atomic E-state index is 11.0. The molecule has 0 saturated carbocycles. The van der Waals surface area contributed by atoms with Crippen LogP contribution in [-0.4, -0.2) is 18.1 Å². The first-order chi connectivity index (χ1) is 8.22. The molecule has 2 atom stereocenters. The van der Waals surface area contributed by atoms with Gasteiger partial charge in [0.05, 0.1) is 13.0 Å². The molecule has 0 aromatic heterocycles. The lowest BCUT2D eigenvalue weighted by molar-refractivity contribution is -0.526. The van der Waals surface area contributed by atoms with Crippen molar-refractivity contribution >= 4 is 0 Å². The van der Waals surface area contributed by atoms with Crippen LogP contribution in [0, 0.1) is 10.1 Å². The maximum atomic E-state index is 11.0. The molecule has 2 rings (SSSR count). The van der Waals surface area contributed by atoms with Crippen molar-refractivity contribution in [3.63, 3.8) is 0 Å². The van der Waals surface area contributed by atoms with Gasteiger partial charge in [0.15, 0.2) is 0 Å². The van der Waals surface area contributed by atoms with Gasteiger partial charge in [-0.2, -0.15) is 0 Å². The highest BCUT2D eigenvalue weighted by Gasteiger charge is 2.33. The molecular formula is C13H15NO3. The monoisotopic (exact) mass is 233 g/mol. The van der Waals surface area contributed by atoms with Crippen LogP contribution in [-0.2, 0) is 0 Å². The molecule has 0 aliphatic heterocycles. The molecule has 17 heavy (non-hydrogen) atoms. The zero-order chi connectivity index (χ0) is 12.3. The second-order valence-corrected chi connectivity index (χ2v) is 4.18. The fourth-order valence-electron chi connectivity index (χ4n) is 2.26. The molecule has 0 heterocycles. The van der Waals surface area contributed by atoms with E-state index in [2.05, 4.69) is 0 Å². The van der Waals surface area contributed by atoms with E-state index >= 15 is 0 Å². The van der Waals surface area contributed by atoms with E-state index in [9.17, 15) is 10.1 Å². The van der Waals surface area contributed by atoms with E-state index in [4.69, 9.17) is 4.74 Å². The minimum absolute atomic E-state index is 0.0508. The molecule has 0 N–H and O–H groups in total. The van der Waals surface area contributed by atoms with Gasteiger partial charge in [-0.3, -0.25) is 10.1 Å². The Balaban J connectivity index is 2.30. The molecule has 0 bridgehead atoms. The summed E-state index contributed by atoms with van der Waals surface area (Å²) in [4.78, 5) is 10.9. The molecule has 0 amide bonds. The highest BCUT2D eigenvalue weighted by Crippen LogP contribution is 2.32. The molecule has 0 radical (unpaired) electrons. The number of methoxy groups -OCH3 is 1. The number of nitro groups is 1. The smallest absolute Gasteiger partial charge is 0.223 e. The molecule has 1 aromatic carbocycles. The number of ether oxygens (including phenoxy) is 1. The number of hydrogen-bond acceptors (Lipinski definition) is 3. The van der Waals surface area contributed by atoms with Crippen molar-refractivity contribution in [1.82, 2.24) is 0 Å². The molecule has 0 spiro atoms. The van der Waals surface area contributed by atoms with Crippen LogP contribution >= 0.6 is 0 Å². The number of benzene rings is 1. The first-order valence-corrected chi connectivity index (χ1v) is 5.65. The predicted octanol–water partition coefficient (Wildman–Crippen LogP) is 2.77. The van der Waals surface area contributed by atoms with Gasteiger partial charge < -0.3 is 4.74 Å². The van der Waals surface area contributed by atoms with Gasteiger partial charge >= 0.3 is 0 Å². The lowest BCUT2D eigenvalue weighted by atomic mass is 9.84. The molecule has 1 aliphatic carbocycles. The Morgan fingerprint density at radius 2 is 2.12 bits per heavy atom. The summed E-state index contributed by atoms with van der Waals surface area (Å²) in [5.74, 6) is 0.698. The van der Waals surface area contributed by atoms with Gasteiger partial charge in [-0.15, -0.1) is 0 Å². The third kappa shape index (κ3) is 2.46. The molecule has 0 fully saturated rings. The summed E-state index contributed by atoms with van der Waals surface area (Å²) < 4.78 is 5.15. The summed E-state index contributed by atoms with van der Waals surface area (Å²) in [6, 6.07) is 7.03. The topological polar surface area (TPSA) is 52.4 Å². The Labute approximate surface area is 100 Å². The van der Waals surface area contributed by atoms with Gasteiger partial charge in [-0.1, -0.05) is 24.3 Å². The maximum Gasteiger partial charge on any atom is 0.223 e. The van der Waals surface area contributed by atoms with Gasteiger partial charge in [0.2, 0.25) is 6.04 Å². The van der Waals surface area contributed by atoms with Crippen molar-refractivity contribution < 1.29 is 9.66 Å². The quantitative estimate of drug-likeness (QED) is 0.458. The van der Waals surface area contributed by atoms with Crippen molar-refractivity contribution in [3.05, 3.63) is 52.1 Å². The van der Waals surface area contributed by atoms with Crippen molar-refractivity contribution in [2.75, 3.05) is 7.11 Å². The summed E-state index contributed by atoms with van der Waals surface area (Å²) >= 11 is 0. The van der Waals surface area contributed by atoms with Crippen molar-refractivity contribution in [1.29, 1.82) is 0 Å². The zero-order valence-corrected chi connectivity index (χ0v) is 9.70. The first-order valence-electron chi connectivity index (χ1n) is 5.65. The van der Waals surface area contributed by atoms with Crippen LogP contribution in [0.25, 0.3) is 0 Å². The van der Waals surface area contributed by atoms with Crippen LogP contribution in [0.2, 0.25) is 0 Å². The van der Waals surface area contributed by atoms with E-state index in [0.29, 0.717) is 6.42 Å². The molecule has 1 aliphatic rings. The fraction of sp³-hybridized carbons (Fsp3) is 0.385. The molecule has 4 heteroatoms. The van der Waals surface area contributed by atoms with Crippen LogP contribution in [0.1, 0.15) is 24.3 Å². The van der Waals surface area contributed by atoms with E-state index in [1.807, 2.05) is 36.4 Å². The third-order valence-corrected chi connectivity index (χ3v) is 3.19. The number of nitrogens with zero attached hydrogens (tertiary/aromatic N) is 1. The standard InChI is InChI=1S/C13H15NO3/c1-17-11-6-4-5-10(9-11)12-7-2-3-8-13(12)14(15)16/h2-6,9,12-13H,7-8H2,1H3/t12-,13+/m0/s1. The van der Waals surface area contributed by atoms with Crippen molar-refractivity contribution in [2.45, 2.75) is 24.8 Å². The molecule has 90 valence electrons. The summed E-state index contributed by atoms with van der Waals surface area (Å²) in [5.41, 5.74) is 0.982. The van der Waals surface area contributed by atoms with Crippen LogP contribution in [0.15, 0.2) is 36.4 Å². The number of allylic oxidation sites excluding steroid dienone is 1. The largest absolute Gasteiger partial charge is 0.497 e. The lowest BCUT2D eigenvalue weighted by Gasteiger charge is -2.22. The van der Waals surface area contributed by atoms with Crippen LogP contribution in [0.3, 0.4) is 0 Å². The summed E-state index contributed by atoms with van der Waals surface area (Å²) in [6.07, 6.45) is 5.14. The molecular weight excluding hydrogens is 218 g/mol. The van der Waals surface area contributed by atoms with Crippen LogP contribution in [0.5, 0.6) is 5.75 Å². The van der Waals surface area contributed by atoms with E-state index in [1.54, 1.807) is 7.11 Å². The third-order valence-electron chi connectivity index (χ3n) is 3.19. The summed E-state index contributed by atoms with van der Waals surface area (Å²) in [6.45, 7) is 0. The predicted molar refractivity (Wildman–Crippen MR) is 64.9 cm³/mol. The number of hydrogen-bond donors (Lipinski definition) is 0. The van der Waals surface area contributed by atoms with Gasteiger partial charge in [0.1, 0.15) is 5.75 Å². The van der Waals surface area contributed by atoms with Gasteiger partial charge in [0, 0.05) is 11.3 Å². The summed E-state index contributed by atoms with van der Waals surface area (Å²) in [5, 5.41) is 11.0. The second kappa shape index (κ2) is 4.99. The Hall–Kier alpha value is -1.84. The van der Waals surface area contributed by atoms with E-state index in [-0.39, 0.29) is 10.8 Å². The second-order valence-electron chi connectivity index (χ2n) is 4.18. The minimum Gasteiger partial charge on any atom is -0.497 e. The van der Waals surface area contributed by atoms with Crippen LogP contribution in [0.4, 0.5) is 0 Å². The van der Waals surface area contributed by atoms with E-state index < -0.39 is 6.04 Å². The van der Waals surface area contributed by atoms with Crippen molar-refractivity contribution in [3.8, 4) is 5.75 Å². The van der Waals surface area contributed by atoms with E-state index in [0.717, 1.165) is 17.7 Å².